The highest BCUT2D eigenvalue weighted by Gasteiger charge is 2.47. The minimum absolute atomic E-state index is 0.0141. The van der Waals surface area contributed by atoms with Crippen molar-refractivity contribution in [3.05, 3.63) is 58.1 Å². The van der Waals surface area contributed by atoms with E-state index in [1.54, 1.807) is 0 Å². The molecule has 6 aliphatic rings. The first-order valence-electron chi connectivity index (χ1n) is 15.7. The second-order valence-electron chi connectivity index (χ2n) is 13.7. The quantitative estimate of drug-likeness (QED) is 0.432. The fourth-order valence-electron chi connectivity index (χ4n) is 8.76. The van der Waals surface area contributed by atoms with Crippen LogP contribution in [0.2, 0.25) is 5.02 Å². The van der Waals surface area contributed by atoms with Crippen molar-refractivity contribution in [1.29, 1.82) is 0 Å². The fourth-order valence-corrected chi connectivity index (χ4v) is 10.1. The van der Waals surface area contributed by atoms with E-state index in [2.05, 4.69) is 53.0 Å². The molecule has 5 nitrogen and oxygen atoms in total. The zero-order valence-electron chi connectivity index (χ0n) is 23.9. The average Bonchev–Trinajstić information content (AvgIpc) is 3.06. The highest BCUT2D eigenvalue weighted by Crippen LogP contribution is 2.46. The van der Waals surface area contributed by atoms with Gasteiger partial charge in [-0.25, -0.2) is 8.93 Å². The Morgan fingerprint density at radius 3 is 2.98 bits per heavy atom. The van der Waals surface area contributed by atoms with E-state index in [0.717, 1.165) is 62.8 Å². The molecule has 1 N–H and O–H groups in total. The molecule has 0 radical (unpaired) electrons. The molecule has 4 bridgehead atoms. The Balaban J connectivity index is 1.22. The lowest BCUT2D eigenvalue weighted by Crippen LogP contribution is -2.53. The van der Waals surface area contributed by atoms with Crippen LogP contribution in [0.3, 0.4) is 0 Å². The summed E-state index contributed by atoms with van der Waals surface area (Å²) in [5.74, 6) is 3.19. The number of fused-ring (bicyclic) bond motifs is 6. The Hall–Kier alpha value is -1.02. The molecule has 7 heteroatoms. The summed E-state index contributed by atoms with van der Waals surface area (Å²) in [6, 6.07) is 6.74. The summed E-state index contributed by atoms with van der Waals surface area (Å²) >= 11 is 6.45. The number of nitrogens with zero attached hydrogens (tertiary/aromatic N) is 1. The minimum Gasteiger partial charge on any atom is -0.378 e. The van der Waals surface area contributed by atoms with Crippen molar-refractivity contribution in [3.8, 4) is 0 Å². The third-order valence-electron chi connectivity index (χ3n) is 10.9. The maximum Gasteiger partial charge on any atom is 0.0950 e. The van der Waals surface area contributed by atoms with Crippen molar-refractivity contribution >= 4 is 22.6 Å². The number of hydrogen-bond donors (Lipinski definition) is 1. The Labute approximate surface area is 247 Å². The van der Waals surface area contributed by atoms with Gasteiger partial charge in [0.05, 0.1) is 35.8 Å². The number of nitrogens with one attached hydrogen (secondary N) is 1. The minimum atomic E-state index is -1.02. The molecule has 2 saturated heterocycles. The lowest BCUT2D eigenvalue weighted by Gasteiger charge is -2.49. The van der Waals surface area contributed by atoms with Crippen LogP contribution in [0, 0.1) is 23.7 Å². The summed E-state index contributed by atoms with van der Waals surface area (Å²) in [4.78, 5) is 2.77. The van der Waals surface area contributed by atoms with Crippen molar-refractivity contribution in [2.24, 2.45) is 23.7 Å². The molecule has 1 aromatic rings. The van der Waals surface area contributed by atoms with Gasteiger partial charge in [-0.15, -0.1) is 0 Å². The molecule has 1 aromatic carbocycles. The van der Waals surface area contributed by atoms with Crippen molar-refractivity contribution in [1.82, 2.24) is 9.62 Å². The first-order valence-corrected chi connectivity index (χ1v) is 17.4. The zero-order chi connectivity index (χ0) is 27.3. The predicted octanol–water partition coefficient (Wildman–Crippen LogP) is 5.59. The van der Waals surface area contributed by atoms with Crippen LogP contribution in [0.15, 0.2) is 42.0 Å². The monoisotopic (exact) mass is 584 g/mol. The highest BCUT2D eigenvalue weighted by molar-refractivity contribution is 7.83. The smallest absolute Gasteiger partial charge is 0.0950 e. The van der Waals surface area contributed by atoms with Crippen molar-refractivity contribution < 1.29 is 13.7 Å². The highest BCUT2D eigenvalue weighted by atomic mass is 35.5. The van der Waals surface area contributed by atoms with Gasteiger partial charge in [0.1, 0.15) is 0 Å². The van der Waals surface area contributed by atoms with Crippen LogP contribution in [0.25, 0.3) is 0 Å². The zero-order valence-corrected chi connectivity index (χ0v) is 25.4. The molecule has 1 spiro atoms. The second kappa shape index (κ2) is 11.6. The van der Waals surface area contributed by atoms with E-state index >= 15 is 0 Å². The number of halogens is 1. The van der Waals surface area contributed by atoms with Gasteiger partial charge in [0, 0.05) is 42.4 Å². The predicted molar refractivity (Wildman–Crippen MR) is 162 cm³/mol. The molecule has 218 valence electrons. The number of ether oxygens (including phenoxy) is 2. The van der Waals surface area contributed by atoms with Gasteiger partial charge in [-0.1, -0.05) is 42.8 Å². The largest absolute Gasteiger partial charge is 0.378 e. The van der Waals surface area contributed by atoms with E-state index in [1.807, 2.05) is 0 Å². The van der Waals surface area contributed by atoms with Crippen LogP contribution in [-0.4, -0.2) is 66.0 Å². The number of benzene rings is 1. The number of hydrogen-bond acceptors (Lipinski definition) is 4. The molecular formula is C33H45ClN2O3S. The Morgan fingerprint density at radius 1 is 1.18 bits per heavy atom. The average molecular weight is 585 g/mol. The molecule has 0 aromatic heterocycles. The lowest BCUT2D eigenvalue weighted by atomic mass is 9.66. The Morgan fingerprint density at radius 2 is 2.10 bits per heavy atom. The molecule has 9 atom stereocenters. The van der Waals surface area contributed by atoms with Crippen molar-refractivity contribution in [3.63, 3.8) is 0 Å². The number of rotatable bonds is 0. The summed E-state index contributed by atoms with van der Waals surface area (Å²) in [5, 5.41) is 0.835. The van der Waals surface area contributed by atoms with E-state index in [4.69, 9.17) is 21.1 Å². The molecule has 5 unspecified atom stereocenters. The van der Waals surface area contributed by atoms with Crippen LogP contribution < -0.4 is 4.72 Å². The Bertz CT molecular complexity index is 1190. The lowest BCUT2D eigenvalue weighted by molar-refractivity contribution is -0.0928. The van der Waals surface area contributed by atoms with Gasteiger partial charge in [-0.3, -0.25) is 4.90 Å². The molecule has 3 aliphatic carbocycles. The van der Waals surface area contributed by atoms with Gasteiger partial charge in [-0.05, 0) is 104 Å². The topological polar surface area (TPSA) is 50.8 Å². The Kier molecular flexibility index (Phi) is 8.04. The van der Waals surface area contributed by atoms with Gasteiger partial charge in [0.15, 0.2) is 0 Å². The molecule has 3 heterocycles. The standard InChI is InChI=1S/C33H45ClN2O3S/c1-22-13-23-10-12-38-32(15-23)28-7-5-26(28)18-36-20-33(11-2-3-25-16-27(34)6-8-29(25)33)21-39-31-9-4-24(14-30(31)36)17-35-40(37)19-22/h4,6,8-9,14,16,22-23,26,28,30-32,35H,2-3,5,7,10-13,15,17-21H2,1H3/t22-,23?,26?,28?,30-,31?,32-,33+,40?/m1/s1. The van der Waals surface area contributed by atoms with Crippen molar-refractivity contribution in [2.75, 3.05) is 38.6 Å². The van der Waals surface area contributed by atoms with E-state index in [1.165, 1.54) is 42.4 Å². The van der Waals surface area contributed by atoms with Crippen LogP contribution in [0.5, 0.6) is 0 Å². The summed E-state index contributed by atoms with van der Waals surface area (Å²) in [6.07, 6.45) is 16.8. The molecule has 1 saturated carbocycles. The maximum atomic E-state index is 13.0. The van der Waals surface area contributed by atoms with E-state index < -0.39 is 11.0 Å². The number of aryl methyl sites for hydroxylation is 1. The van der Waals surface area contributed by atoms with E-state index in [-0.39, 0.29) is 17.6 Å². The molecule has 7 rings (SSSR count). The summed E-state index contributed by atoms with van der Waals surface area (Å²) in [7, 11) is -1.02. The van der Waals surface area contributed by atoms with E-state index in [0.29, 0.717) is 36.3 Å². The molecule has 3 fully saturated rings. The first-order chi connectivity index (χ1) is 19.5. The van der Waals surface area contributed by atoms with Crippen LogP contribution in [0.1, 0.15) is 63.0 Å². The third kappa shape index (κ3) is 5.54. The van der Waals surface area contributed by atoms with Gasteiger partial charge >= 0.3 is 0 Å². The fraction of sp³-hybridized carbons (Fsp3) is 0.697. The van der Waals surface area contributed by atoms with E-state index in [9.17, 15) is 4.21 Å². The molecule has 0 amide bonds. The molecule has 40 heavy (non-hydrogen) atoms. The summed E-state index contributed by atoms with van der Waals surface area (Å²) in [6.45, 7) is 6.65. The van der Waals surface area contributed by atoms with Crippen LogP contribution >= 0.6 is 11.6 Å². The summed E-state index contributed by atoms with van der Waals surface area (Å²) in [5.41, 5.74) is 4.05. The first kappa shape index (κ1) is 27.8. The van der Waals surface area contributed by atoms with Gasteiger partial charge < -0.3 is 9.47 Å². The SMILES string of the molecule is C[C@@H]1CC2CCO[C@H](C2)C2CCC2CN2C[C@@]3(CCCc4cc(Cl)ccc43)COC3C=CC(=C[C@H]32)CNS(=O)C1. The van der Waals surface area contributed by atoms with Gasteiger partial charge in [0.25, 0.3) is 0 Å². The normalized spacial score (nSPS) is 42.2. The van der Waals surface area contributed by atoms with Crippen molar-refractivity contribution in [2.45, 2.75) is 82.0 Å². The van der Waals surface area contributed by atoms with Gasteiger partial charge in [-0.2, -0.15) is 0 Å². The molecule has 3 aliphatic heterocycles. The van der Waals surface area contributed by atoms with Crippen LogP contribution in [0.4, 0.5) is 0 Å². The van der Waals surface area contributed by atoms with Gasteiger partial charge in [0.2, 0.25) is 0 Å². The molecular weight excluding hydrogens is 540 g/mol. The third-order valence-corrected chi connectivity index (χ3v) is 12.5. The summed E-state index contributed by atoms with van der Waals surface area (Å²) < 4.78 is 29.6. The van der Waals surface area contributed by atoms with Crippen LogP contribution in [-0.2, 0) is 32.3 Å². The second-order valence-corrected chi connectivity index (χ2v) is 15.5. The maximum absolute atomic E-state index is 13.0.